The summed E-state index contributed by atoms with van der Waals surface area (Å²) in [6, 6.07) is 6.23. The number of aryl methyl sites for hydroxylation is 1. The molecule has 1 amide bonds. The third-order valence-corrected chi connectivity index (χ3v) is 3.90. The number of benzene rings is 1. The van der Waals surface area contributed by atoms with Gasteiger partial charge in [-0.05, 0) is 49.8 Å². The molecule has 2 N–H and O–H groups in total. The van der Waals surface area contributed by atoms with Gasteiger partial charge in [0.15, 0.2) is 0 Å². The minimum atomic E-state index is -0.240. The van der Waals surface area contributed by atoms with Gasteiger partial charge in [-0.3, -0.25) is 4.79 Å². The first-order valence-corrected chi connectivity index (χ1v) is 7.36. The van der Waals surface area contributed by atoms with Crippen molar-refractivity contribution in [2.24, 2.45) is 5.73 Å². The van der Waals surface area contributed by atoms with Gasteiger partial charge in [-0.25, -0.2) is 0 Å². The fraction of sp³-hybridized carbons (Fsp3) is 0.533. The van der Waals surface area contributed by atoms with Crippen molar-refractivity contribution in [3.05, 3.63) is 28.8 Å². The minimum absolute atomic E-state index is 0.240. The standard InChI is InChI=1S/C15H21ClN2O/c16-13-11-12(5-4-6-15(17)19)7-8-14(13)18-9-2-1-3-10-18/h7-8,11H,1-6,9-10H2,(H2,17,19). The van der Waals surface area contributed by atoms with Gasteiger partial charge in [-0.2, -0.15) is 0 Å². The first-order chi connectivity index (χ1) is 9.16. The van der Waals surface area contributed by atoms with Crippen molar-refractivity contribution in [3.8, 4) is 0 Å². The van der Waals surface area contributed by atoms with Gasteiger partial charge in [0.1, 0.15) is 0 Å². The van der Waals surface area contributed by atoms with Crippen LogP contribution in [0.4, 0.5) is 5.69 Å². The number of hydrogen-bond acceptors (Lipinski definition) is 2. The molecular weight excluding hydrogens is 260 g/mol. The average molecular weight is 281 g/mol. The fourth-order valence-electron chi connectivity index (χ4n) is 2.56. The maximum Gasteiger partial charge on any atom is 0.217 e. The van der Waals surface area contributed by atoms with Crippen LogP contribution in [-0.4, -0.2) is 19.0 Å². The summed E-state index contributed by atoms with van der Waals surface area (Å²) in [6.45, 7) is 2.20. The van der Waals surface area contributed by atoms with E-state index in [1.54, 1.807) is 0 Å². The van der Waals surface area contributed by atoms with Gasteiger partial charge in [0.2, 0.25) is 5.91 Å². The Morgan fingerprint density at radius 1 is 1.26 bits per heavy atom. The predicted octanol–water partition coefficient (Wildman–Crippen LogP) is 3.14. The lowest BCUT2D eigenvalue weighted by molar-refractivity contribution is -0.118. The number of nitrogens with two attached hydrogens (primary N) is 1. The van der Waals surface area contributed by atoms with E-state index in [1.807, 2.05) is 6.07 Å². The lowest BCUT2D eigenvalue weighted by Gasteiger charge is -2.29. The van der Waals surface area contributed by atoms with Crippen LogP contribution in [0, 0.1) is 0 Å². The van der Waals surface area contributed by atoms with E-state index in [2.05, 4.69) is 17.0 Å². The van der Waals surface area contributed by atoms with Crippen LogP contribution in [0.1, 0.15) is 37.7 Å². The van der Waals surface area contributed by atoms with Gasteiger partial charge in [-0.1, -0.05) is 17.7 Å². The van der Waals surface area contributed by atoms with Gasteiger partial charge in [0, 0.05) is 19.5 Å². The highest BCUT2D eigenvalue weighted by atomic mass is 35.5. The van der Waals surface area contributed by atoms with Crippen molar-refractivity contribution in [1.29, 1.82) is 0 Å². The molecule has 0 radical (unpaired) electrons. The van der Waals surface area contributed by atoms with Crippen LogP contribution in [0.5, 0.6) is 0 Å². The number of hydrogen-bond donors (Lipinski definition) is 1. The molecule has 1 aliphatic rings. The summed E-state index contributed by atoms with van der Waals surface area (Å²) < 4.78 is 0. The summed E-state index contributed by atoms with van der Waals surface area (Å²) in [5.41, 5.74) is 7.45. The van der Waals surface area contributed by atoms with Gasteiger partial charge < -0.3 is 10.6 Å². The Kier molecular flexibility index (Phi) is 5.08. The Hall–Kier alpha value is -1.22. The molecule has 0 atom stereocenters. The van der Waals surface area contributed by atoms with Crippen LogP contribution in [0.2, 0.25) is 5.02 Å². The van der Waals surface area contributed by atoms with Crippen molar-refractivity contribution in [2.75, 3.05) is 18.0 Å². The summed E-state index contributed by atoms with van der Waals surface area (Å²) in [5, 5.41) is 0.818. The summed E-state index contributed by atoms with van der Waals surface area (Å²) >= 11 is 6.37. The Morgan fingerprint density at radius 3 is 2.63 bits per heavy atom. The first-order valence-electron chi connectivity index (χ1n) is 6.98. The van der Waals surface area contributed by atoms with Crippen molar-refractivity contribution in [3.63, 3.8) is 0 Å². The summed E-state index contributed by atoms with van der Waals surface area (Å²) in [5.74, 6) is -0.240. The second-order valence-corrected chi connectivity index (χ2v) is 5.56. The monoisotopic (exact) mass is 280 g/mol. The topological polar surface area (TPSA) is 46.3 Å². The number of primary amides is 1. The lowest BCUT2D eigenvalue weighted by atomic mass is 10.1. The van der Waals surface area contributed by atoms with Crippen LogP contribution < -0.4 is 10.6 Å². The Balaban J connectivity index is 1.98. The molecule has 4 heteroatoms. The highest BCUT2D eigenvalue weighted by Gasteiger charge is 2.13. The Bertz CT molecular complexity index is 442. The van der Waals surface area contributed by atoms with Gasteiger partial charge in [-0.15, -0.1) is 0 Å². The van der Waals surface area contributed by atoms with Crippen LogP contribution in [-0.2, 0) is 11.2 Å². The quantitative estimate of drug-likeness (QED) is 0.901. The van der Waals surface area contributed by atoms with E-state index in [9.17, 15) is 4.79 Å². The van der Waals surface area contributed by atoms with E-state index in [0.717, 1.165) is 36.6 Å². The average Bonchev–Trinajstić information content (AvgIpc) is 2.39. The molecule has 19 heavy (non-hydrogen) atoms. The fourth-order valence-corrected chi connectivity index (χ4v) is 2.89. The number of piperidine rings is 1. The number of carbonyl (C=O) groups excluding carboxylic acids is 1. The molecule has 0 aromatic heterocycles. The second kappa shape index (κ2) is 6.80. The van der Waals surface area contributed by atoms with Crippen LogP contribution in [0.15, 0.2) is 18.2 Å². The maximum absolute atomic E-state index is 10.7. The third kappa shape index (κ3) is 4.13. The maximum atomic E-state index is 10.7. The highest BCUT2D eigenvalue weighted by molar-refractivity contribution is 6.33. The molecule has 0 bridgehead atoms. The largest absolute Gasteiger partial charge is 0.370 e. The molecule has 1 aromatic rings. The molecule has 1 fully saturated rings. The van der Waals surface area contributed by atoms with E-state index in [0.29, 0.717) is 6.42 Å². The molecule has 1 heterocycles. The Labute approximate surface area is 119 Å². The number of amides is 1. The molecule has 1 aromatic carbocycles. The number of carbonyl (C=O) groups is 1. The van der Waals surface area contributed by atoms with Crippen molar-refractivity contribution < 1.29 is 4.79 Å². The molecule has 0 unspecified atom stereocenters. The molecule has 1 aliphatic heterocycles. The Morgan fingerprint density at radius 2 is 2.00 bits per heavy atom. The molecule has 0 saturated carbocycles. The first kappa shape index (κ1) is 14.2. The SMILES string of the molecule is NC(=O)CCCc1ccc(N2CCCCC2)c(Cl)c1. The molecule has 0 aliphatic carbocycles. The zero-order valence-corrected chi connectivity index (χ0v) is 12.0. The second-order valence-electron chi connectivity index (χ2n) is 5.15. The normalized spacial score (nSPS) is 15.5. The number of anilines is 1. The lowest BCUT2D eigenvalue weighted by Crippen LogP contribution is -2.29. The number of halogens is 1. The van der Waals surface area contributed by atoms with E-state index < -0.39 is 0 Å². The molecule has 1 saturated heterocycles. The molecular formula is C15H21ClN2O. The van der Waals surface area contributed by atoms with Crippen molar-refractivity contribution in [2.45, 2.75) is 38.5 Å². The molecule has 2 rings (SSSR count). The van der Waals surface area contributed by atoms with Crippen LogP contribution in [0.25, 0.3) is 0 Å². The van der Waals surface area contributed by atoms with Crippen LogP contribution >= 0.6 is 11.6 Å². The third-order valence-electron chi connectivity index (χ3n) is 3.60. The van der Waals surface area contributed by atoms with Gasteiger partial charge in [0.05, 0.1) is 10.7 Å². The number of nitrogens with zero attached hydrogens (tertiary/aromatic N) is 1. The van der Waals surface area contributed by atoms with Gasteiger partial charge in [0.25, 0.3) is 0 Å². The molecule has 3 nitrogen and oxygen atoms in total. The van der Waals surface area contributed by atoms with E-state index >= 15 is 0 Å². The summed E-state index contributed by atoms with van der Waals surface area (Å²) in [6.07, 6.45) is 5.88. The van der Waals surface area contributed by atoms with Crippen LogP contribution in [0.3, 0.4) is 0 Å². The van der Waals surface area contributed by atoms with E-state index in [1.165, 1.54) is 24.8 Å². The highest BCUT2D eigenvalue weighted by Crippen LogP contribution is 2.29. The van der Waals surface area contributed by atoms with Crippen molar-refractivity contribution >= 4 is 23.2 Å². The minimum Gasteiger partial charge on any atom is -0.370 e. The predicted molar refractivity (Wildman–Crippen MR) is 79.6 cm³/mol. The molecule has 0 spiro atoms. The smallest absolute Gasteiger partial charge is 0.217 e. The zero-order chi connectivity index (χ0) is 13.7. The zero-order valence-electron chi connectivity index (χ0n) is 11.2. The summed E-state index contributed by atoms with van der Waals surface area (Å²) in [4.78, 5) is 13.1. The van der Waals surface area contributed by atoms with E-state index in [-0.39, 0.29) is 5.91 Å². The van der Waals surface area contributed by atoms with E-state index in [4.69, 9.17) is 17.3 Å². The number of rotatable bonds is 5. The van der Waals surface area contributed by atoms with Crippen molar-refractivity contribution in [1.82, 2.24) is 0 Å². The summed E-state index contributed by atoms with van der Waals surface area (Å²) in [7, 11) is 0. The van der Waals surface area contributed by atoms with Gasteiger partial charge >= 0.3 is 0 Å². The molecule has 104 valence electrons.